The number of benzene rings is 2. The summed E-state index contributed by atoms with van der Waals surface area (Å²) in [4.78, 5) is 48.3. The van der Waals surface area contributed by atoms with Crippen LogP contribution in [0.5, 0.6) is 0 Å². The van der Waals surface area contributed by atoms with Gasteiger partial charge in [-0.3, -0.25) is 19.2 Å². The van der Waals surface area contributed by atoms with E-state index in [-0.39, 0.29) is 0 Å². The summed E-state index contributed by atoms with van der Waals surface area (Å²) in [6.07, 6.45) is 0. The topological polar surface area (TPSA) is 149 Å². The fraction of sp³-hybridized carbons (Fsp3) is 0.385. The Bertz CT molecular complexity index is 1160. The lowest BCUT2D eigenvalue weighted by atomic mass is 9.84. The first kappa shape index (κ1) is 23.5. The smallest absolute Gasteiger partial charge is 0.315 e. The van der Waals surface area contributed by atoms with Gasteiger partial charge in [0.25, 0.3) is 0 Å². The van der Waals surface area contributed by atoms with Gasteiger partial charge in [-0.25, -0.2) is 0 Å². The van der Waals surface area contributed by atoms with E-state index in [0.29, 0.717) is 22.3 Å². The monoisotopic (exact) mass is 466 g/mol. The normalized spacial score (nSPS) is 30.2. The Labute approximate surface area is 195 Å². The zero-order chi connectivity index (χ0) is 25.4. The van der Waals surface area contributed by atoms with Crippen LogP contribution in [0.1, 0.15) is 38.8 Å². The van der Waals surface area contributed by atoms with Gasteiger partial charge < -0.3 is 20.4 Å². The fourth-order valence-electron chi connectivity index (χ4n) is 6.53. The third-order valence-electron chi connectivity index (χ3n) is 8.31. The maximum Gasteiger partial charge on any atom is 0.315 e. The van der Waals surface area contributed by atoms with Crippen molar-refractivity contribution in [2.24, 2.45) is 22.7 Å². The molecule has 34 heavy (non-hydrogen) atoms. The van der Waals surface area contributed by atoms with E-state index < -0.39 is 57.4 Å². The molecule has 2 aromatic carbocycles. The molecule has 178 valence electrons. The molecule has 4 rings (SSSR count). The van der Waals surface area contributed by atoms with Crippen molar-refractivity contribution in [3.63, 3.8) is 0 Å². The van der Waals surface area contributed by atoms with Crippen LogP contribution in [0.25, 0.3) is 11.1 Å². The van der Waals surface area contributed by atoms with Gasteiger partial charge in [-0.15, -0.1) is 0 Å². The number of aliphatic carboxylic acids is 4. The van der Waals surface area contributed by atoms with Crippen molar-refractivity contribution in [1.29, 1.82) is 0 Å². The van der Waals surface area contributed by atoms with E-state index in [1.165, 1.54) is 0 Å². The van der Waals surface area contributed by atoms with Crippen LogP contribution in [0.4, 0.5) is 0 Å². The van der Waals surface area contributed by atoms with Crippen LogP contribution >= 0.6 is 0 Å². The van der Waals surface area contributed by atoms with Crippen molar-refractivity contribution in [3.8, 4) is 11.1 Å². The SMILES string of the molecule is CC1(C)C(C(=O)O)C1(C(=O)O)c1cccc(-c2cccc(C3(C(=O)O)C(C(=O)O)C3(C)C)c2)c1. The van der Waals surface area contributed by atoms with E-state index in [1.807, 2.05) is 0 Å². The minimum atomic E-state index is -1.60. The molecule has 2 aliphatic carbocycles. The van der Waals surface area contributed by atoms with Crippen LogP contribution in [0.2, 0.25) is 0 Å². The highest BCUT2D eigenvalue weighted by Gasteiger charge is 2.81. The molecule has 0 spiro atoms. The van der Waals surface area contributed by atoms with E-state index in [1.54, 1.807) is 76.2 Å². The van der Waals surface area contributed by atoms with Crippen molar-refractivity contribution in [2.45, 2.75) is 38.5 Å². The van der Waals surface area contributed by atoms with E-state index in [2.05, 4.69) is 0 Å². The molecule has 8 heteroatoms. The lowest BCUT2D eigenvalue weighted by Gasteiger charge is -2.19. The third-order valence-corrected chi connectivity index (χ3v) is 8.31. The van der Waals surface area contributed by atoms with Gasteiger partial charge in [0.15, 0.2) is 0 Å². The molecule has 2 fully saturated rings. The van der Waals surface area contributed by atoms with Crippen molar-refractivity contribution in [1.82, 2.24) is 0 Å². The lowest BCUT2D eigenvalue weighted by Crippen LogP contribution is -2.28. The molecular weight excluding hydrogens is 440 g/mol. The summed E-state index contributed by atoms with van der Waals surface area (Å²) < 4.78 is 0. The molecule has 4 unspecified atom stereocenters. The summed E-state index contributed by atoms with van der Waals surface area (Å²) >= 11 is 0. The zero-order valence-electron chi connectivity index (χ0n) is 19.2. The molecule has 2 aromatic rings. The first-order valence-corrected chi connectivity index (χ1v) is 10.8. The van der Waals surface area contributed by atoms with Gasteiger partial charge in [-0.1, -0.05) is 64.1 Å². The van der Waals surface area contributed by atoms with E-state index >= 15 is 0 Å². The first-order chi connectivity index (χ1) is 15.7. The van der Waals surface area contributed by atoms with E-state index in [4.69, 9.17) is 0 Å². The van der Waals surface area contributed by atoms with E-state index in [9.17, 15) is 39.6 Å². The van der Waals surface area contributed by atoms with Gasteiger partial charge >= 0.3 is 23.9 Å². The Morgan fingerprint density at radius 2 is 0.941 bits per heavy atom. The highest BCUT2D eigenvalue weighted by Crippen LogP contribution is 2.71. The molecule has 0 heterocycles. The zero-order valence-corrected chi connectivity index (χ0v) is 19.2. The molecule has 2 aliphatic rings. The first-order valence-electron chi connectivity index (χ1n) is 10.8. The Kier molecular flexibility index (Phi) is 4.77. The Morgan fingerprint density at radius 1 is 0.618 bits per heavy atom. The number of rotatable bonds is 7. The van der Waals surface area contributed by atoms with Crippen LogP contribution in [-0.4, -0.2) is 44.3 Å². The molecule has 0 aromatic heterocycles. The maximum absolute atomic E-state index is 12.3. The second-order valence-corrected chi connectivity index (χ2v) is 10.4. The molecule has 2 saturated carbocycles. The standard InChI is InChI=1S/C26H26O8/c1-23(2)17(19(27)28)25(23,21(31)32)15-9-5-7-13(11-15)14-8-6-10-16(12-14)26(22(33)34)18(20(29)30)24(26,3)4/h5-12,17-18H,1-4H3,(H,27,28)(H,29,30)(H,31,32)(H,33,34). The van der Waals surface area contributed by atoms with Gasteiger partial charge in [-0.2, -0.15) is 0 Å². The molecule has 0 radical (unpaired) electrons. The number of carboxylic acid groups (broad SMARTS) is 4. The number of carbonyl (C=O) groups is 4. The van der Waals surface area contributed by atoms with Crippen molar-refractivity contribution in [2.75, 3.05) is 0 Å². The van der Waals surface area contributed by atoms with Crippen LogP contribution in [-0.2, 0) is 30.0 Å². The lowest BCUT2D eigenvalue weighted by molar-refractivity contribution is -0.145. The molecule has 0 saturated heterocycles. The highest BCUT2D eigenvalue weighted by atomic mass is 16.4. The maximum atomic E-state index is 12.3. The fourth-order valence-corrected chi connectivity index (χ4v) is 6.53. The summed E-state index contributed by atoms with van der Waals surface area (Å²) in [6, 6.07) is 13.2. The van der Waals surface area contributed by atoms with Crippen LogP contribution in [0, 0.1) is 22.7 Å². The molecule has 0 amide bonds. The Morgan fingerprint density at radius 3 is 1.18 bits per heavy atom. The highest BCUT2D eigenvalue weighted by molar-refractivity contribution is 5.99. The van der Waals surface area contributed by atoms with Gasteiger partial charge in [0.05, 0.1) is 11.8 Å². The molecule has 8 nitrogen and oxygen atoms in total. The molecule has 0 aliphatic heterocycles. The molecule has 4 N–H and O–H groups in total. The summed E-state index contributed by atoms with van der Waals surface area (Å²) in [5.74, 6) is -7.00. The second kappa shape index (κ2) is 6.91. The summed E-state index contributed by atoms with van der Waals surface area (Å²) in [7, 11) is 0. The van der Waals surface area contributed by atoms with Gasteiger partial charge in [0, 0.05) is 10.8 Å². The predicted molar refractivity (Wildman–Crippen MR) is 120 cm³/mol. The Balaban J connectivity index is 1.83. The minimum absolute atomic E-state index is 0.350. The predicted octanol–water partition coefficient (Wildman–Crippen LogP) is 3.48. The van der Waals surface area contributed by atoms with Crippen molar-refractivity contribution < 1.29 is 39.6 Å². The third kappa shape index (κ3) is 2.59. The largest absolute Gasteiger partial charge is 0.481 e. The van der Waals surface area contributed by atoms with Crippen LogP contribution in [0.3, 0.4) is 0 Å². The van der Waals surface area contributed by atoms with Crippen molar-refractivity contribution in [3.05, 3.63) is 59.7 Å². The number of hydrogen-bond acceptors (Lipinski definition) is 4. The van der Waals surface area contributed by atoms with Crippen molar-refractivity contribution >= 4 is 23.9 Å². The molecule has 4 atom stereocenters. The summed E-state index contributed by atoms with van der Waals surface area (Å²) in [5.41, 5.74) is -3.35. The Hall–Kier alpha value is -3.68. The summed E-state index contributed by atoms with van der Waals surface area (Å²) in [5, 5.41) is 39.4. The average Bonchev–Trinajstić information content (AvgIpc) is 3.50. The van der Waals surface area contributed by atoms with Crippen LogP contribution < -0.4 is 0 Å². The van der Waals surface area contributed by atoms with Crippen LogP contribution in [0.15, 0.2) is 48.5 Å². The minimum Gasteiger partial charge on any atom is -0.481 e. The molecule has 0 bridgehead atoms. The van der Waals surface area contributed by atoms with Gasteiger partial charge in [0.1, 0.15) is 10.8 Å². The quantitative estimate of drug-likeness (QED) is 0.484. The van der Waals surface area contributed by atoms with Gasteiger partial charge in [0.2, 0.25) is 0 Å². The second-order valence-electron chi connectivity index (χ2n) is 10.4. The van der Waals surface area contributed by atoms with Gasteiger partial charge in [-0.05, 0) is 34.4 Å². The van der Waals surface area contributed by atoms with E-state index in [0.717, 1.165) is 0 Å². The number of hydrogen-bond donors (Lipinski definition) is 4. The average molecular weight is 466 g/mol. The summed E-state index contributed by atoms with van der Waals surface area (Å²) in [6.45, 7) is 6.46. The number of carboxylic acids is 4. The molecular formula is C26H26O8.